The van der Waals surface area contributed by atoms with Gasteiger partial charge in [-0.1, -0.05) is 6.92 Å². The van der Waals surface area contributed by atoms with Crippen LogP contribution in [0.5, 0.6) is 0 Å². The third-order valence-corrected chi connectivity index (χ3v) is 1.65. The molecule has 64 valence electrons. The van der Waals surface area contributed by atoms with E-state index in [4.69, 9.17) is 0 Å². The van der Waals surface area contributed by atoms with Gasteiger partial charge in [-0.05, 0) is 20.8 Å². The molecule has 0 aromatic heterocycles. The summed E-state index contributed by atoms with van der Waals surface area (Å²) < 4.78 is 0. The third-order valence-electron chi connectivity index (χ3n) is 1.65. The molecule has 1 amide bonds. The fourth-order valence-corrected chi connectivity index (χ4v) is 0.525. The van der Waals surface area contributed by atoms with E-state index in [1.54, 1.807) is 20.8 Å². The van der Waals surface area contributed by atoms with E-state index < -0.39 is 5.54 Å². The van der Waals surface area contributed by atoms with E-state index in [9.17, 15) is 9.59 Å². The molecule has 0 unspecified atom stereocenters. The van der Waals surface area contributed by atoms with E-state index in [2.05, 4.69) is 5.32 Å². The molecule has 3 nitrogen and oxygen atoms in total. The molecule has 11 heavy (non-hydrogen) atoms. The minimum atomic E-state index is -0.715. The molecule has 0 bridgehead atoms. The van der Waals surface area contributed by atoms with Gasteiger partial charge in [0.1, 0.15) is 0 Å². The fraction of sp³-hybridized carbons (Fsp3) is 0.750. The van der Waals surface area contributed by atoms with Crippen LogP contribution in [0.1, 0.15) is 34.1 Å². The number of nitrogens with one attached hydrogen (secondary N) is 1. The fourth-order valence-electron chi connectivity index (χ4n) is 0.525. The predicted octanol–water partition coefficient (Wildman–Crippen LogP) is 0.880. The van der Waals surface area contributed by atoms with Gasteiger partial charge in [-0.15, -0.1) is 0 Å². The number of carbonyl (C=O) groups excluding carboxylic acids is 2. The standard InChI is InChI=1S/C8H15NO2/c1-5-7(11)9-8(3,4)6(2)10/h5H2,1-4H3,(H,9,11). The summed E-state index contributed by atoms with van der Waals surface area (Å²) in [5, 5.41) is 2.62. The van der Waals surface area contributed by atoms with E-state index in [1.807, 2.05) is 0 Å². The number of carbonyl (C=O) groups is 2. The zero-order valence-corrected chi connectivity index (χ0v) is 7.52. The molecule has 0 saturated heterocycles. The average Bonchev–Trinajstić information content (AvgIpc) is 1.86. The molecule has 0 aliphatic heterocycles. The van der Waals surface area contributed by atoms with Crippen LogP contribution in [0.4, 0.5) is 0 Å². The zero-order chi connectivity index (χ0) is 9.07. The largest absolute Gasteiger partial charge is 0.344 e. The number of hydrogen-bond acceptors (Lipinski definition) is 2. The van der Waals surface area contributed by atoms with Crippen molar-refractivity contribution in [2.24, 2.45) is 0 Å². The molecule has 0 heterocycles. The lowest BCUT2D eigenvalue weighted by Crippen LogP contribution is -2.48. The van der Waals surface area contributed by atoms with E-state index in [0.717, 1.165) is 0 Å². The van der Waals surface area contributed by atoms with Crippen LogP contribution >= 0.6 is 0 Å². The van der Waals surface area contributed by atoms with Crippen molar-refractivity contribution in [3.05, 3.63) is 0 Å². The molecule has 0 rings (SSSR count). The summed E-state index contributed by atoms with van der Waals surface area (Å²) in [5.74, 6) is -0.121. The second kappa shape index (κ2) is 3.51. The highest BCUT2D eigenvalue weighted by Crippen LogP contribution is 2.02. The molecule has 1 N–H and O–H groups in total. The van der Waals surface area contributed by atoms with Crippen molar-refractivity contribution in [3.63, 3.8) is 0 Å². The summed E-state index contributed by atoms with van der Waals surface area (Å²) in [4.78, 5) is 21.8. The highest BCUT2D eigenvalue weighted by atomic mass is 16.2. The summed E-state index contributed by atoms with van der Waals surface area (Å²) in [7, 11) is 0. The van der Waals surface area contributed by atoms with Gasteiger partial charge in [-0.2, -0.15) is 0 Å². The number of hydrogen-bond donors (Lipinski definition) is 1. The van der Waals surface area contributed by atoms with Gasteiger partial charge >= 0.3 is 0 Å². The quantitative estimate of drug-likeness (QED) is 0.661. The van der Waals surface area contributed by atoms with Crippen LogP contribution < -0.4 is 5.32 Å². The first-order valence-electron chi connectivity index (χ1n) is 3.72. The van der Waals surface area contributed by atoms with Crippen molar-refractivity contribution >= 4 is 11.7 Å². The molecule has 0 aliphatic carbocycles. The molecular weight excluding hydrogens is 142 g/mol. The monoisotopic (exact) mass is 157 g/mol. The molecule has 0 aromatic carbocycles. The third kappa shape index (κ3) is 3.16. The normalized spacial score (nSPS) is 10.9. The Morgan fingerprint density at radius 1 is 1.36 bits per heavy atom. The van der Waals surface area contributed by atoms with Crippen molar-refractivity contribution < 1.29 is 9.59 Å². The average molecular weight is 157 g/mol. The number of amides is 1. The van der Waals surface area contributed by atoms with E-state index in [1.165, 1.54) is 6.92 Å². The topological polar surface area (TPSA) is 46.2 Å². The van der Waals surface area contributed by atoms with Crippen LogP contribution in [-0.2, 0) is 9.59 Å². The minimum Gasteiger partial charge on any atom is -0.344 e. The Balaban J connectivity index is 4.12. The second-order valence-electron chi connectivity index (χ2n) is 3.08. The first-order valence-corrected chi connectivity index (χ1v) is 3.72. The van der Waals surface area contributed by atoms with Crippen LogP contribution in [0.25, 0.3) is 0 Å². The van der Waals surface area contributed by atoms with E-state index in [0.29, 0.717) is 6.42 Å². The van der Waals surface area contributed by atoms with Crippen molar-refractivity contribution in [1.29, 1.82) is 0 Å². The molecule has 0 fully saturated rings. The molecule has 0 saturated carbocycles. The lowest BCUT2D eigenvalue weighted by molar-refractivity contribution is -0.129. The SMILES string of the molecule is CCC(=O)NC(C)(C)C(C)=O. The van der Waals surface area contributed by atoms with Gasteiger partial charge in [-0.3, -0.25) is 9.59 Å². The van der Waals surface area contributed by atoms with E-state index >= 15 is 0 Å². The van der Waals surface area contributed by atoms with Crippen molar-refractivity contribution in [3.8, 4) is 0 Å². The maximum Gasteiger partial charge on any atom is 0.220 e. The van der Waals surface area contributed by atoms with Crippen molar-refractivity contribution in [2.45, 2.75) is 39.7 Å². The highest BCUT2D eigenvalue weighted by Gasteiger charge is 2.24. The maximum atomic E-state index is 10.9. The summed E-state index contributed by atoms with van der Waals surface area (Å²) in [6, 6.07) is 0. The van der Waals surface area contributed by atoms with Crippen LogP contribution in [-0.4, -0.2) is 17.2 Å². The Labute approximate surface area is 67.2 Å². The highest BCUT2D eigenvalue weighted by molar-refractivity contribution is 5.90. The smallest absolute Gasteiger partial charge is 0.220 e. The molecule has 0 atom stereocenters. The van der Waals surface area contributed by atoms with Gasteiger partial charge in [0.05, 0.1) is 5.54 Å². The van der Waals surface area contributed by atoms with Crippen LogP contribution in [0.3, 0.4) is 0 Å². The first kappa shape index (κ1) is 10.1. The number of rotatable bonds is 3. The molecular formula is C8H15NO2. The summed E-state index contributed by atoms with van der Waals surface area (Å²) >= 11 is 0. The molecule has 0 spiro atoms. The first-order chi connectivity index (χ1) is 4.90. The van der Waals surface area contributed by atoms with Gasteiger partial charge < -0.3 is 5.32 Å². The van der Waals surface area contributed by atoms with Crippen LogP contribution in [0, 0.1) is 0 Å². The van der Waals surface area contributed by atoms with Gasteiger partial charge in [0.15, 0.2) is 5.78 Å². The summed E-state index contributed by atoms with van der Waals surface area (Å²) in [6.45, 7) is 6.62. The van der Waals surface area contributed by atoms with E-state index in [-0.39, 0.29) is 11.7 Å². The minimum absolute atomic E-state index is 0.0284. The van der Waals surface area contributed by atoms with Crippen molar-refractivity contribution in [1.82, 2.24) is 5.32 Å². The van der Waals surface area contributed by atoms with Gasteiger partial charge in [0.2, 0.25) is 5.91 Å². The molecule has 0 aromatic rings. The van der Waals surface area contributed by atoms with Crippen LogP contribution in [0.2, 0.25) is 0 Å². The zero-order valence-electron chi connectivity index (χ0n) is 7.52. The Morgan fingerprint density at radius 3 is 2.09 bits per heavy atom. The lowest BCUT2D eigenvalue weighted by Gasteiger charge is -2.22. The van der Waals surface area contributed by atoms with Crippen molar-refractivity contribution in [2.75, 3.05) is 0 Å². The second-order valence-corrected chi connectivity index (χ2v) is 3.08. The Kier molecular flexibility index (Phi) is 3.23. The van der Waals surface area contributed by atoms with Gasteiger partial charge in [0, 0.05) is 6.42 Å². The Morgan fingerprint density at radius 2 is 1.82 bits per heavy atom. The maximum absolute atomic E-state index is 10.9. The number of ketones is 1. The lowest BCUT2D eigenvalue weighted by atomic mass is 10.0. The number of Topliss-reactive ketones (excluding diaryl/α,β-unsaturated/α-hetero) is 1. The van der Waals surface area contributed by atoms with Gasteiger partial charge in [-0.25, -0.2) is 0 Å². The van der Waals surface area contributed by atoms with Gasteiger partial charge in [0.25, 0.3) is 0 Å². The Hall–Kier alpha value is -0.860. The summed E-state index contributed by atoms with van der Waals surface area (Å²) in [6.07, 6.45) is 0.413. The molecule has 0 aliphatic rings. The summed E-state index contributed by atoms with van der Waals surface area (Å²) in [5.41, 5.74) is -0.715. The molecule has 3 heteroatoms. The predicted molar refractivity (Wildman–Crippen MR) is 43.2 cm³/mol. The van der Waals surface area contributed by atoms with Crippen LogP contribution in [0.15, 0.2) is 0 Å². The Bertz CT molecular complexity index is 173. The molecule has 0 radical (unpaired) electrons.